The summed E-state index contributed by atoms with van der Waals surface area (Å²) in [6.45, 7) is 2.12. The lowest BCUT2D eigenvalue weighted by Gasteiger charge is -2.12. The van der Waals surface area contributed by atoms with Crippen LogP contribution in [0, 0.1) is 6.92 Å². The average Bonchev–Trinajstić information content (AvgIpc) is 2.70. The molecule has 0 radical (unpaired) electrons. The van der Waals surface area contributed by atoms with E-state index in [-0.39, 0.29) is 0 Å². The molecule has 1 aromatic rings. The molecule has 1 saturated carbocycles. The summed E-state index contributed by atoms with van der Waals surface area (Å²) in [6, 6.07) is 6.61. The van der Waals surface area contributed by atoms with Crippen LogP contribution in [0.3, 0.4) is 0 Å². The van der Waals surface area contributed by atoms with E-state index in [1.54, 1.807) is 7.11 Å². The van der Waals surface area contributed by atoms with Gasteiger partial charge < -0.3 is 4.74 Å². The topological polar surface area (TPSA) is 9.23 Å². The monoisotopic (exact) mass is 190 g/mol. The molecule has 1 heteroatoms. The Kier molecular flexibility index (Phi) is 2.76. The summed E-state index contributed by atoms with van der Waals surface area (Å²) in [4.78, 5) is 0. The number of ether oxygens (including phenoxy) is 1. The van der Waals surface area contributed by atoms with E-state index in [4.69, 9.17) is 4.74 Å². The van der Waals surface area contributed by atoms with Crippen LogP contribution in [0.25, 0.3) is 0 Å². The highest BCUT2D eigenvalue weighted by Crippen LogP contribution is 2.35. The van der Waals surface area contributed by atoms with Gasteiger partial charge in [0.25, 0.3) is 0 Å². The number of hydrogen-bond acceptors (Lipinski definition) is 1. The molecule has 1 aliphatic carbocycles. The van der Waals surface area contributed by atoms with Gasteiger partial charge in [-0.1, -0.05) is 25.0 Å². The van der Waals surface area contributed by atoms with E-state index >= 15 is 0 Å². The van der Waals surface area contributed by atoms with Crippen LogP contribution in [0.1, 0.15) is 42.7 Å². The van der Waals surface area contributed by atoms with Crippen LogP contribution in [-0.4, -0.2) is 7.11 Å². The molecular weight excluding hydrogens is 172 g/mol. The van der Waals surface area contributed by atoms with Gasteiger partial charge in [0.05, 0.1) is 7.11 Å². The van der Waals surface area contributed by atoms with Gasteiger partial charge in [0.2, 0.25) is 0 Å². The van der Waals surface area contributed by atoms with Gasteiger partial charge >= 0.3 is 0 Å². The first kappa shape index (κ1) is 9.57. The van der Waals surface area contributed by atoms with Gasteiger partial charge in [0, 0.05) is 0 Å². The second-order valence-corrected chi connectivity index (χ2v) is 4.21. The summed E-state index contributed by atoms with van der Waals surface area (Å²) in [5, 5.41) is 0. The summed E-state index contributed by atoms with van der Waals surface area (Å²) in [7, 11) is 1.73. The lowest BCUT2D eigenvalue weighted by molar-refractivity contribution is 0.411. The fourth-order valence-corrected chi connectivity index (χ4v) is 2.41. The minimum atomic E-state index is 0.805. The largest absolute Gasteiger partial charge is 0.496 e. The molecule has 0 aliphatic heterocycles. The predicted octanol–water partition coefficient (Wildman–Crippen LogP) is 3.66. The summed E-state index contributed by atoms with van der Waals surface area (Å²) in [6.07, 6.45) is 5.53. The molecule has 0 heterocycles. The van der Waals surface area contributed by atoms with Crippen LogP contribution in [0.4, 0.5) is 0 Å². The van der Waals surface area contributed by atoms with Crippen molar-refractivity contribution in [1.29, 1.82) is 0 Å². The summed E-state index contributed by atoms with van der Waals surface area (Å²) >= 11 is 0. The molecule has 76 valence electrons. The second-order valence-electron chi connectivity index (χ2n) is 4.21. The van der Waals surface area contributed by atoms with Gasteiger partial charge in [0.1, 0.15) is 5.75 Å². The molecule has 1 aliphatic rings. The number of benzene rings is 1. The van der Waals surface area contributed by atoms with E-state index < -0.39 is 0 Å². The van der Waals surface area contributed by atoms with E-state index in [2.05, 4.69) is 25.1 Å². The number of aryl methyl sites for hydroxylation is 1. The van der Waals surface area contributed by atoms with Crippen LogP contribution in [0.2, 0.25) is 0 Å². The van der Waals surface area contributed by atoms with Crippen molar-refractivity contribution in [3.05, 3.63) is 29.3 Å². The van der Waals surface area contributed by atoms with Crippen LogP contribution in [-0.2, 0) is 0 Å². The maximum Gasteiger partial charge on any atom is 0.121 e. The molecule has 0 amide bonds. The Morgan fingerprint density at radius 1 is 1.21 bits per heavy atom. The molecule has 0 atom stereocenters. The Morgan fingerprint density at radius 2 is 1.93 bits per heavy atom. The summed E-state index contributed by atoms with van der Waals surface area (Å²) in [5.74, 6) is 1.81. The Bertz CT molecular complexity index is 311. The average molecular weight is 190 g/mol. The maximum absolute atomic E-state index is 5.26. The van der Waals surface area contributed by atoms with Gasteiger partial charge in [-0.2, -0.15) is 0 Å². The zero-order valence-electron chi connectivity index (χ0n) is 9.05. The molecule has 2 rings (SSSR count). The molecule has 1 aromatic carbocycles. The molecule has 1 nitrogen and oxygen atoms in total. The first-order valence-corrected chi connectivity index (χ1v) is 5.46. The van der Waals surface area contributed by atoms with Crippen molar-refractivity contribution in [1.82, 2.24) is 0 Å². The Labute approximate surface area is 86.1 Å². The molecule has 0 saturated heterocycles. The zero-order chi connectivity index (χ0) is 9.97. The van der Waals surface area contributed by atoms with Crippen molar-refractivity contribution in [3.63, 3.8) is 0 Å². The van der Waals surface area contributed by atoms with Crippen LogP contribution in [0.15, 0.2) is 18.2 Å². The minimum absolute atomic E-state index is 0.805. The van der Waals surface area contributed by atoms with Crippen LogP contribution >= 0.6 is 0 Å². The fourth-order valence-electron chi connectivity index (χ4n) is 2.41. The van der Waals surface area contributed by atoms with Crippen LogP contribution < -0.4 is 4.74 Å². The Morgan fingerprint density at radius 3 is 2.50 bits per heavy atom. The van der Waals surface area contributed by atoms with E-state index in [0.29, 0.717) is 0 Å². The van der Waals surface area contributed by atoms with Gasteiger partial charge in [-0.05, 0) is 42.9 Å². The maximum atomic E-state index is 5.26. The minimum Gasteiger partial charge on any atom is -0.496 e. The first-order chi connectivity index (χ1) is 6.81. The van der Waals surface area contributed by atoms with Crippen molar-refractivity contribution in [2.45, 2.75) is 38.5 Å². The van der Waals surface area contributed by atoms with E-state index in [1.165, 1.54) is 36.8 Å². The number of hydrogen-bond donors (Lipinski definition) is 0. The van der Waals surface area contributed by atoms with Crippen LogP contribution in [0.5, 0.6) is 5.75 Å². The zero-order valence-corrected chi connectivity index (χ0v) is 9.05. The highest BCUT2D eigenvalue weighted by Gasteiger charge is 2.17. The Balaban J connectivity index is 2.23. The van der Waals surface area contributed by atoms with Gasteiger partial charge in [-0.25, -0.2) is 0 Å². The fraction of sp³-hybridized carbons (Fsp3) is 0.538. The summed E-state index contributed by atoms with van der Waals surface area (Å²) in [5.41, 5.74) is 2.76. The predicted molar refractivity (Wildman–Crippen MR) is 58.9 cm³/mol. The SMILES string of the molecule is COc1ccc(C2CCCC2)cc1C. The van der Waals surface area contributed by atoms with Gasteiger partial charge in [-0.3, -0.25) is 0 Å². The van der Waals surface area contributed by atoms with Crippen molar-refractivity contribution >= 4 is 0 Å². The third-order valence-electron chi connectivity index (χ3n) is 3.25. The van der Waals surface area contributed by atoms with Gasteiger partial charge in [0.15, 0.2) is 0 Å². The molecule has 0 bridgehead atoms. The molecule has 0 spiro atoms. The number of methoxy groups -OCH3 is 1. The quantitative estimate of drug-likeness (QED) is 0.691. The molecule has 0 aromatic heterocycles. The third kappa shape index (κ3) is 1.77. The van der Waals surface area contributed by atoms with E-state index in [9.17, 15) is 0 Å². The summed E-state index contributed by atoms with van der Waals surface area (Å²) < 4.78 is 5.26. The van der Waals surface area contributed by atoms with Crippen molar-refractivity contribution in [2.75, 3.05) is 7.11 Å². The first-order valence-electron chi connectivity index (χ1n) is 5.46. The van der Waals surface area contributed by atoms with E-state index in [0.717, 1.165) is 11.7 Å². The Hall–Kier alpha value is -0.980. The molecule has 14 heavy (non-hydrogen) atoms. The molecule has 0 N–H and O–H groups in total. The van der Waals surface area contributed by atoms with Crippen molar-refractivity contribution in [3.8, 4) is 5.75 Å². The molecular formula is C13H18O. The van der Waals surface area contributed by atoms with Crippen molar-refractivity contribution in [2.24, 2.45) is 0 Å². The lowest BCUT2D eigenvalue weighted by atomic mass is 9.96. The van der Waals surface area contributed by atoms with Crippen molar-refractivity contribution < 1.29 is 4.74 Å². The van der Waals surface area contributed by atoms with E-state index in [1.807, 2.05) is 0 Å². The van der Waals surface area contributed by atoms with Gasteiger partial charge in [-0.15, -0.1) is 0 Å². The third-order valence-corrected chi connectivity index (χ3v) is 3.25. The highest BCUT2D eigenvalue weighted by atomic mass is 16.5. The standard InChI is InChI=1S/C13H18O/c1-10-9-12(7-8-13(10)14-2)11-5-3-4-6-11/h7-9,11H,3-6H2,1-2H3. The molecule has 0 unspecified atom stereocenters. The lowest BCUT2D eigenvalue weighted by Crippen LogP contribution is -1.94. The number of rotatable bonds is 2. The normalized spacial score (nSPS) is 17.3. The second kappa shape index (κ2) is 4.04. The molecule has 1 fully saturated rings. The smallest absolute Gasteiger partial charge is 0.121 e. The highest BCUT2D eigenvalue weighted by molar-refractivity contribution is 5.37.